The van der Waals surface area contributed by atoms with Gasteiger partial charge in [0, 0.05) is 48.7 Å². The Hall–Kier alpha value is -4.00. The van der Waals surface area contributed by atoms with Gasteiger partial charge in [0.05, 0.1) is 37.6 Å². The fourth-order valence-electron chi connectivity index (χ4n) is 8.43. The first-order valence-electron chi connectivity index (χ1n) is 18.8. The van der Waals surface area contributed by atoms with Crippen molar-refractivity contribution < 1.29 is 18.9 Å². The lowest BCUT2D eigenvalue weighted by molar-refractivity contribution is 0.187. The molecule has 6 heteroatoms. The molecular formula is C44H52N2O4. The molecule has 8 rings (SSSR count). The van der Waals surface area contributed by atoms with Gasteiger partial charge in [-0.25, -0.2) is 0 Å². The quantitative estimate of drug-likeness (QED) is 0.132. The van der Waals surface area contributed by atoms with Crippen LogP contribution < -0.4 is 19.3 Å². The number of aryl methyl sites for hydroxylation is 2. The van der Waals surface area contributed by atoms with Crippen LogP contribution in [0, 0.1) is 23.7 Å². The van der Waals surface area contributed by atoms with E-state index in [1.165, 1.54) is 48.2 Å². The van der Waals surface area contributed by atoms with Crippen LogP contribution in [0.3, 0.4) is 0 Å². The van der Waals surface area contributed by atoms with Crippen molar-refractivity contribution in [1.82, 2.24) is 0 Å². The number of hydrogen-bond donors (Lipinski definition) is 0. The van der Waals surface area contributed by atoms with Crippen molar-refractivity contribution in [3.63, 3.8) is 0 Å². The summed E-state index contributed by atoms with van der Waals surface area (Å²) in [6.45, 7) is 6.14. The second-order valence-corrected chi connectivity index (χ2v) is 15.5. The highest BCUT2D eigenvalue weighted by molar-refractivity contribution is 5.64. The van der Waals surface area contributed by atoms with E-state index >= 15 is 0 Å². The molecule has 50 heavy (non-hydrogen) atoms. The topological polar surface area (TPSA) is 50.0 Å². The van der Waals surface area contributed by atoms with E-state index in [1.807, 2.05) is 0 Å². The standard InChI is InChI=1S/C44H52N2O4/c1-29-23-33(43-41(25-29)49-43)27-47-39-19-15-37(16-20-39)45(3)35-11-7-31(8-12-35)5-6-32-9-13-36(14-10-32)46(4)38-17-21-40(22-18-38)48-28-34-24-30(2)26-42-44(34)50-42/h7-22,29-30,33-34,41-44H,5-6,23-28H2,1-4H3. The molecule has 0 aromatic heterocycles. The van der Waals surface area contributed by atoms with Crippen molar-refractivity contribution >= 4 is 22.7 Å². The molecule has 0 radical (unpaired) electrons. The second kappa shape index (κ2) is 14.3. The van der Waals surface area contributed by atoms with Gasteiger partial charge in [0.15, 0.2) is 0 Å². The maximum absolute atomic E-state index is 6.17. The number of fused-ring (bicyclic) bond motifs is 2. The third kappa shape index (κ3) is 7.67. The molecule has 0 N–H and O–H groups in total. The predicted octanol–water partition coefficient (Wildman–Crippen LogP) is 9.39. The first-order valence-corrected chi connectivity index (χ1v) is 18.8. The van der Waals surface area contributed by atoms with Gasteiger partial charge in [-0.3, -0.25) is 0 Å². The Kier molecular flexibility index (Phi) is 9.50. The van der Waals surface area contributed by atoms with E-state index in [1.54, 1.807) is 0 Å². The van der Waals surface area contributed by atoms with Gasteiger partial charge in [-0.2, -0.15) is 0 Å². The highest BCUT2D eigenvalue weighted by atomic mass is 16.6. The summed E-state index contributed by atoms with van der Waals surface area (Å²) >= 11 is 0. The molecule has 8 atom stereocenters. The van der Waals surface area contributed by atoms with Crippen LogP contribution in [-0.2, 0) is 22.3 Å². The van der Waals surface area contributed by atoms with Gasteiger partial charge >= 0.3 is 0 Å². The highest BCUT2D eigenvalue weighted by Gasteiger charge is 2.50. The average molecular weight is 673 g/mol. The number of ether oxygens (including phenoxy) is 4. The van der Waals surface area contributed by atoms with E-state index in [0.29, 0.717) is 36.3 Å². The molecule has 4 aromatic carbocycles. The number of epoxide rings is 2. The smallest absolute Gasteiger partial charge is 0.119 e. The van der Waals surface area contributed by atoms with Crippen LogP contribution >= 0.6 is 0 Å². The molecule has 2 heterocycles. The normalized spacial score (nSPS) is 27.8. The summed E-state index contributed by atoms with van der Waals surface area (Å²) in [5.74, 6) is 4.35. The largest absolute Gasteiger partial charge is 0.493 e. The maximum atomic E-state index is 6.17. The number of hydrogen-bond acceptors (Lipinski definition) is 6. The minimum absolute atomic E-state index is 0.421. The molecule has 4 aromatic rings. The second-order valence-electron chi connectivity index (χ2n) is 15.5. The lowest BCUT2D eigenvalue weighted by Gasteiger charge is -2.24. The van der Waals surface area contributed by atoms with E-state index in [9.17, 15) is 0 Å². The summed E-state index contributed by atoms with van der Waals surface area (Å²) < 4.78 is 24.1. The molecular weight excluding hydrogens is 620 g/mol. The fraction of sp³-hybridized carbons (Fsp3) is 0.455. The van der Waals surface area contributed by atoms with Crippen LogP contribution in [0.4, 0.5) is 22.7 Å². The summed E-state index contributed by atoms with van der Waals surface area (Å²) in [4.78, 5) is 4.45. The lowest BCUT2D eigenvalue weighted by Crippen LogP contribution is -2.26. The number of benzene rings is 4. The molecule has 2 aliphatic carbocycles. The SMILES string of the molecule is CC1CC(COc2ccc(N(C)c3ccc(CCc4ccc(N(C)c5ccc(OCC6CC(C)CC7OC67)cc5)cc4)cc3)cc2)C2OC2C1. The minimum atomic E-state index is 0.421. The molecule has 262 valence electrons. The Labute approximate surface area is 298 Å². The predicted molar refractivity (Wildman–Crippen MR) is 201 cm³/mol. The van der Waals surface area contributed by atoms with E-state index in [-0.39, 0.29) is 0 Å². The van der Waals surface area contributed by atoms with Crippen molar-refractivity contribution in [2.75, 3.05) is 37.1 Å². The Morgan fingerprint density at radius 1 is 0.500 bits per heavy atom. The van der Waals surface area contributed by atoms with Gasteiger partial charge in [-0.15, -0.1) is 0 Å². The van der Waals surface area contributed by atoms with Crippen molar-refractivity contribution in [2.24, 2.45) is 23.7 Å². The van der Waals surface area contributed by atoms with E-state index < -0.39 is 0 Å². The molecule has 2 aliphatic heterocycles. The molecule has 8 unspecified atom stereocenters. The molecule has 0 amide bonds. The Morgan fingerprint density at radius 3 is 1.20 bits per heavy atom. The Morgan fingerprint density at radius 2 is 0.840 bits per heavy atom. The summed E-state index contributed by atoms with van der Waals surface area (Å²) in [6.07, 6.45) is 8.63. The zero-order valence-corrected chi connectivity index (χ0v) is 30.0. The van der Waals surface area contributed by atoms with Gasteiger partial charge in [-0.1, -0.05) is 38.1 Å². The molecule has 4 fully saturated rings. The summed E-state index contributed by atoms with van der Waals surface area (Å²) in [5, 5.41) is 0. The van der Waals surface area contributed by atoms with Crippen molar-refractivity contribution in [2.45, 2.75) is 76.8 Å². The third-order valence-electron chi connectivity index (χ3n) is 11.6. The summed E-state index contributed by atoms with van der Waals surface area (Å²) in [6, 6.07) is 34.8. The lowest BCUT2D eigenvalue weighted by atomic mass is 9.83. The molecule has 2 saturated carbocycles. The maximum Gasteiger partial charge on any atom is 0.119 e. The van der Waals surface area contributed by atoms with E-state index in [0.717, 1.165) is 60.8 Å². The van der Waals surface area contributed by atoms with Crippen LogP contribution in [0.15, 0.2) is 97.1 Å². The molecule has 6 nitrogen and oxygen atoms in total. The van der Waals surface area contributed by atoms with Crippen LogP contribution in [-0.4, -0.2) is 51.7 Å². The van der Waals surface area contributed by atoms with Crippen LogP contribution in [0.25, 0.3) is 0 Å². The first kappa shape index (κ1) is 33.2. The third-order valence-corrected chi connectivity index (χ3v) is 11.6. The van der Waals surface area contributed by atoms with Gasteiger partial charge in [0.2, 0.25) is 0 Å². The summed E-state index contributed by atoms with van der Waals surface area (Å²) in [5.41, 5.74) is 7.33. The van der Waals surface area contributed by atoms with Crippen LogP contribution in [0.2, 0.25) is 0 Å². The monoisotopic (exact) mass is 672 g/mol. The zero-order chi connectivity index (χ0) is 34.2. The average Bonchev–Trinajstić information content (AvgIpc) is 4.08. The van der Waals surface area contributed by atoms with Gasteiger partial charge < -0.3 is 28.7 Å². The van der Waals surface area contributed by atoms with Crippen molar-refractivity contribution in [3.8, 4) is 11.5 Å². The molecule has 4 aliphatic rings. The highest BCUT2D eigenvalue weighted by Crippen LogP contribution is 2.44. The number of rotatable bonds is 13. The first-order chi connectivity index (χ1) is 24.4. The van der Waals surface area contributed by atoms with Crippen molar-refractivity contribution in [3.05, 3.63) is 108 Å². The summed E-state index contributed by atoms with van der Waals surface area (Å²) in [7, 11) is 4.24. The van der Waals surface area contributed by atoms with Gasteiger partial charge in [-0.05, 0) is 134 Å². The van der Waals surface area contributed by atoms with E-state index in [2.05, 4.69) is 135 Å². The van der Waals surface area contributed by atoms with Crippen LogP contribution in [0.5, 0.6) is 11.5 Å². The Balaban J connectivity index is 0.785. The Bertz CT molecular complexity index is 1580. The number of anilines is 4. The molecule has 0 spiro atoms. The van der Waals surface area contributed by atoms with E-state index in [4.69, 9.17) is 18.9 Å². The van der Waals surface area contributed by atoms with Crippen LogP contribution in [0.1, 0.15) is 50.7 Å². The van der Waals surface area contributed by atoms with Crippen molar-refractivity contribution in [1.29, 1.82) is 0 Å². The van der Waals surface area contributed by atoms with Gasteiger partial charge in [0.25, 0.3) is 0 Å². The molecule has 2 saturated heterocycles. The minimum Gasteiger partial charge on any atom is -0.493 e. The fourth-order valence-corrected chi connectivity index (χ4v) is 8.43. The zero-order valence-electron chi connectivity index (χ0n) is 30.0. The number of nitrogens with zero attached hydrogens (tertiary/aromatic N) is 2. The van der Waals surface area contributed by atoms with Gasteiger partial charge in [0.1, 0.15) is 11.5 Å². The molecule has 0 bridgehead atoms.